The lowest BCUT2D eigenvalue weighted by atomic mass is 10.2. The van der Waals surface area contributed by atoms with Gasteiger partial charge in [-0.1, -0.05) is 0 Å². The molecule has 0 atom stereocenters. The van der Waals surface area contributed by atoms with Crippen molar-refractivity contribution in [3.05, 3.63) is 31.5 Å². The Hall–Kier alpha value is -1.32. The average Bonchev–Trinajstić information content (AvgIpc) is 2.71. The Morgan fingerprint density at radius 3 is 2.43 bits per heavy atom. The van der Waals surface area contributed by atoms with Gasteiger partial charge in [0.15, 0.2) is 6.61 Å². The zero-order valence-corrected chi connectivity index (χ0v) is 15.8. The van der Waals surface area contributed by atoms with E-state index in [0.29, 0.717) is 31.7 Å². The van der Waals surface area contributed by atoms with Crippen LogP contribution in [0.15, 0.2) is 26.0 Å². The van der Waals surface area contributed by atoms with Gasteiger partial charge in [-0.3, -0.25) is 14.5 Å². The Kier molecular flexibility index (Phi) is 5.88. The van der Waals surface area contributed by atoms with Crippen molar-refractivity contribution < 1.29 is 24.2 Å². The predicted octanol–water partition coefficient (Wildman–Crippen LogP) is 3.73. The van der Waals surface area contributed by atoms with E-state index < -0.39 is 12.6 Å². The lowest BCUT2D eigenvalue weighted by Crippen LogP contribution is -2.27. The molecular formula is C14H11Br2NO5S. The molecule has 0 bridgehead atoms. The number of carboxylic acid groups (broad SMARTS) is 1. The van der Waals surface area contributed by atoms with Gasteiger partial charge in [-0.2, -0.15) is 0 Å². The van der Waals surface area contributed by atoms with Crippen molar-refractivity contribution in [3.8, 4) is 5.75 Å². The molecule has 1 aliphatic heterocycles. The number of thioether (sulfide) groups is 1. The van der Waals surface area contributed by atoms with Crippen LogP contribution >= 0.6 is 43.6 Å². The molecule has 2 rings (SSSR count). The molecule has 1 aromatic rings. The minimum Gasteiger partial charge on any atom is -0.480 e. The van der Waals surface area contributed by atoms with E-state index in [1.165, 1.54) is 4.90 Å². The highest BCUT2D eigenvalue weighted by molar-refractivity contribution is 9.11. The summed E-state index contributed by atoms with van der Waals surface area (Å²) in [6, 6.07) is 3.36. The molecule has 0 unspecified atom stereocenters. The van der Waals surface area contributed by atoms with E-state index in [1.807, 2.05) is 0 Å². The fraction of sp³-hybridized carbons (Fsp3) is 0.214. The number of hydrogen-bond acceptors (Lipinski definition) is 5. The predicted molar refractivity (Wildman–Crippen MR) is 93.3 cm³/mol. The molecule has 1 saturated heterocycles. The van der Waals surface area contributed by atoms with Crippen molar-refractivity contribution >= 4 is 66.8 Å². The fourth-order valence-corrected chi connectivity index (χ4v) is 4.21. The van der Waals surface area contributed by atoms with Crippen molar-refractivity contribution in [2.24, 2.45) is 0 Å². The van der Waals surface area contributed by atoms with Gasteiger partial charge in [0.05, 0.1) is 13.9 Å². The summed E-state index contributed by atoms with van der Waals surface area (Å²) in [6.45, 7) is 1.60. The molecule has 9 heteroatoms. The van der Waals surface area contributed by atoms with Gasteiger partial charge in [-0.05, 0) is 74.3 Å². The van der Waals surface area contributed by atoms with Crippen molar-refractivity contribution in [3.63, 3.8) is 0 Å². The maximum Gasteiger partial charge on any atom is 0.341 e. The number of ether oxygens (including phenoxy) is 1. The van der Waals surface area contributed by atoms with Crippen molar-refractivity contribution in [1.29, 1.82) is 0 Å². The molecule has 0 spiro atoms. The molecule has 122 valence electrons. The monoisotopic (exact) mass is 463 g/mol. The van der Waals surface area contributed by atoms with E-state index in [9.17, 15) is 14.4 Å². The van der Waals surface area contributed by atoms with E-state index in [2.05, 4.69) is 31.9 Å². The first kappa shape index (κ1) is 18.0. The number of carboxylic acids is 1. The number of likely N-dealkylation sites (N-methyl/N-ethyl adjacent to an activating group) is 1. The molecule has 6 nitrogen and oxygen atoms in total. The highest BCUT2D eigenvalue weighted by Gasteiger charge is 2.33. The van der Waals surface area contributed by atoms with Crippen molar-refractivity contribution in [2.45, 2.75) is 6.92 Å². The van der Waals surface area contributed by atoms with Crippen LogP contribution in [0.1, 0.15) is 12.5 Å². The Balaban J connectivity index is 2.28. The molecule has 1 fully saturated rings. The first-order chi connectivity index (χ1) is 10.8. The van der Waals surface area contributed by atoms with Gasteiger partial charge in [-0.15, -0.1) is 0 Å². The summed E-state index contributed by atoms with van der Waals surface area (Å²) in [4.78, 5) is 35.8. The van der Waals surface area contributed by atoms with Gasteiger partial charge in [0, 0.05) is 6.54 Å². The van der Waals surface area contributed by atoms with Gasteiger partial charge in [0.25, 0.3) is 11.1 Å². The summed E-state index contributed by atoms with van der Waals surface area (Å²) < 4.78 is 6.25. The standard InChI is InChI=1S/C14H11Br2NO5S/c1-2-17-13(20)10(23-14(17)21)5-7-3-8(15)12(9(16)4-7)22-6-11(18)19/h3-5H,2,6H2,1H3,(H,18,19)/b10-5+. The smallest absolute Gasteiger partial charge is 0.341 e. The molecular weight excluding hydrogens is 454 g/mol. The number of carbonyl (C=O) groups excluding carboxylic acids is 2. The second kappa shape index (κ2) is 7.50. The number of halogens is 2. The third-order valence-corrected chi connectivity index (χ3v) is 4.93. The van der Waals surface area contributed by atoms with Crippen LogP contribution in [0.5, 0.6) is 5.75 Å². The molecule has 2 amide bonds. The van der Waals surface area contributed by atoms with E-state index in [4.69, 9.17) is 9.84 Å². The van der Waals surface area contributed by atoms with Gasteiger partial charge in [0.1, 0.15) is 5.75 Å². The van der Waals surface area contributed by atoms with E-state index in [-0.39, 0.29) is 11.1 Å². The number of aliphatic carboxylic acids is 1. The molecule has 0 aromatic heterocycles. The van der Waals surface area contributed by atoms with Gasteiger partial charge >= 0.3 is 5.97 Å². The molecule has 0 radical (unpaired) electrons. The van der Waals surface area contributed by atoms with Crippen LogP contribution in [0, 0.1) is 0 Å². The first-order valence-corrected chi connectivity index (χ1v) is 8.82. The Bertz CT molecular complexity index is 696. The maximum absolute atomic E-state index is 12.1. The Morgan fingerprint density at radius 1 is 1.35 bits per heavy atom. The van der Waals surface area contributed by atoms with Gasteiger partial charge in [0.2, 0.25) is 0 Å². The lowest BCUT2D eigenvalue weighted by Gasteiger charge is -2.10. The third-order valence-electron chi connectivity index (χ3n) is 2.85. The minimum absolute atomic E-state index is 0.289. The number of amides is 2. The number of nitrogens with zero attached hydrogens (tertiary/aromatic N) is 1. The molecule has 0 saturated carbocycles. The summed E-state index contributed by atoms with van der Waals surface area (Å²) in [5.41, 5.74) is 0.674. The topological polar surface area (TPSA) is 83.9 Å². The van der Waals surface area contributed by atoms with Crippen molar-refractivity contribution in [2.75, 3.05) is 13.2 Å². The largest absolute Gasteiger partial charge is 0.480 e. The summed E-state index contributed by atoms with van der Waals surface area (Å²) in [5, 5.41) is 8.37. The number of carbonyl (C=O) groups is 3. The summed E-state index contributed by atoms with van der Waals surface area (Å²) in [5.74, 6) is -1.05. The minimum atomic E-state index is -1.08. The first-order valence-electron chi connectivity index (χ1n) is 6.42. The van der Waals surface area contributed by atoms with Crippen LogP contribution in [0.2, 0.25) is 0 Å². The molecule has 1 aromatic carbocycles. The summed E-state index contributed by atoms with van der Waals surface area (Å²) in [7, 11) is 0. The Morgan fingerprint density at radius 2 is 1.96 bits per heavy atom. The summed E-state index contributed by atoms with van der Waals surface area (Å²) in [6.07, 6.45) is 1.61. The maximum atomic E-state index is 12.1. The second-order valence-corrected chi connectivity index (χ2v) is 7.12. The molecule has 1 heterocycles. The van der Waals surface area contributed by atoms with Crippen LogP contribution in [-0.4, -0.2) is 40.3 Å². The van der Waals surface area contributed by atoms with Crippen LogP contribution < -0.4 is 4.74 Å². The summed E-state index contributed by atoms with van der Waals surface area (Å²) >= 11 is 7.50. The van der Waals surface area contributed by atoms with Crippen molar-refractivity contribution in [1.82, 2.24) is 4.90 Å². The quantitative estimate of drug-likeness (QED) is 0.668. The van der Waals surface area contributed by atoms with Crippen LogP contribution in [0.3, 0.4) is 0 Å². The molecule has 23 heavy (non-hydrogen) atoms. The third kappa shape index (κ3) is 4.15. The average molecular weight is 465 g/mol. The number of hydrogen-bond donors (Lipinski definition) is 1. The van der Waals surface area contributed by atoms with Crippen LogP contribution in [-0.2, 0) is 9.59 Å². The lowest BCUT2D eigenvalue weighted by molar-refractivity contribution is -0.139. The van der Waals surface area contributed by atoms with E-state index >= 15 is 0 Å². The Labute approximate surface area is 153 Å². The second-order valence-electron chi connectivity index (χ2n) is 4.42. The van der Waals surface area contributed by atoms with Crippen LogP contribution in [0.4, 0.5) is 4.79 Å². The number of rotatable bonds is 5. The fourth-order valence-electron chi connectivity index (χ4n) is 1.86. The van der Waals surface area contributed by atoms with E-state index in [1.54, 1.807) is 25.1 Å². The zero-order chi connectivity index (χ0) is 17.1. The number of imide groups is 1. The van der Waals surface area contributed by atoms with Crippen LogP contribution in [0.25, 0.3) is 6.08 Å². The highest BCUT2D eigenvalue weighted by atomic mass is 79.9. The zero-order valence-electron chi connectivity index (χ0n) is 11.8. The van der Waals surface area contributed by atoms with Gasteiger partial charge in [-0.25, -0.2) is 4.79 Å². The SMILES string of the molecule is CCN1C(=O)S/C(=C/c2cc(Br)c(OCC(=O)O)c(Br)c2)C1=O. The number of benzene rings is 1. The highest BCUT2D eigenvalue weighted by Crippen LogP contribution is 2.37. The van der Waals surface area contributed by atoms with E-state index in [0.717, 1.165) is 11.8 Å². The molecule has 0 aliphatic carbocycles. The molecule has 1 aliphatic rings. The molecule has 1 N–H and O–H groups in total. The normalized spacial score (nSPS) is 16.3. The van der Waals surface area contributed by atoms with Gasteiger partial charge < -0.3 is 9.84 Å².